The lowest BCUT2D eigenvalue weighted by Gasteiger charge is -2.04. The standard InChI is InChI=1S/C12H17N5O/c1-9(2)16-6-10(5-13-16)12-7-17(15-14-12)11-3-4-18-8-11/h5-7,9,11H,3-4,8H2,1-2H3. The van der Waals surface area contributed by atoms with Crippen LogP contribution in [-0.4, -0.2) is 38.0 Å². The molecule has 0 amide bonds. The second-order valence-electron chi connectivity index (χ2n) is 4.90. The molecule has 2 aromatic rings. The van der Waals surface area contributed by atoms with Crippen LogP contribution in [0.1, 0.15) is 32.4 Å². The second-order valence-corrected chi connectivity index (χ2v) is 4.90. The first-order valence-corrected chi connectivity index (χ1v) is 6.28. The molecule has 3 heterocycles. The van der Waals surface area contributed by atoms with Crippen LogP contribution in [0.3, 0.4) is 0 Å². The zero-order valence-electron chi connectivity index (χ0n) is 10.7. The monoisotopic (exact) mass is 247 g/mol. The van der Waals surface area contributed by atoms with Gasteiger partial charge in [-0.05, 0) is 20.3 Å². The highest BCUT2D eigenvalue weighted by Gasteiger charge is 2.19. The molecule has 0 spiro atoms. The summed E-state index contributed by atoms with van der Waals surface area (Å²) >= 11 is 0. The average Bonchev–Trinajstić information content (AvgIpc) is 3.10. The summed E-state index contributed by atoms with van der Waals surface area (Å²) < 4.78 is 9.18. The summed E-state index contributed by atoms with van der Waals surface area (Å²) in [4.78, 5) is 0. The summed E-state index contributed by atoms with van der Waals surface area (Å²) in [6.45, 7) is 5.74. The van der Waals surface area contributed by atoms with E-state index in [1.54, 1.807) is 0 Å². The molecule has 18 heavy (non-hydrogen) atoms. The molecule has 2 aromatic heterocycles. The van der Waals surface area contributed by atoms with Crippen molar-refractivity contribution in [1.82, 2.24) is 24.8 Å². The van der Waals surface area contributed by atoms with Crippen LogP contribution in [0.2, 0.25) is 0 Å². The quantitative estimate of drug-likeness (QED) is 0.828. The van der Waals surface area contributed by atoms with E-state index in [9.17, 15) is 0 Å². The van der Waals surface area contributed by atoms with Gasteiger partial charge in [0.25, 0.3) is 0 Å². The first-order valence-electron chi connectivity index (χ1n) is 6.28. The summed E-state index contributed by atoms with van der Waals surface area (Å²) in [5.74, 6) is 0. The van der Waals surface area contributed by atoms with Gasteiger partial charge in [-0.25, -0.2) is 4.68 Å². The fourth-order valence-electron chi connectivity index (χ4n) is 2.07. The van der Waals surface area contributed by atoms with Gasteiger partial charge in [0, 0.05) is 24.4 Å². The third-order valence-electron chi connectivity index (χ3n) is 3.22. The molecule has 0 bridgehead atoms. The van der Waals surface area contributed by atoms with Crippen LogP contribution in [0.5, 0.6) is 0 Å². The number of ether oxygens (including phenoxy) is 1. The summed E-state index contributed by atoms with van der Waals surface area (Å²) in [6.07, 6.45) is 6.82. The van der Waals surface area contributed by atoms with Gasteiger partial charge in [0.05, 0.1) is 25.0 Å². The summed E-state index contributed by atoms with van der Waals surface area (Å²) in [5, 5.41) is 12.7. The van der Waals surface area contributed by atoms with Crippen molar-refractivity contribution < 1.29 is 4.74 Å². The molecule has 96 valence electrons. The average molecular weight is 247 g/mol. The van der Waals surface area contributed by atoms with E-state index in [0.29, 0.717) is 12.1 Å². The van der Waals surface area contributed by atoms with E-state index in [2.05, 4.69) is 29.3 Å². The smallest absolute Gasteiger partial charge is 0.116 e. The van der Waals surface area contributed by atoms with E-state index in [0.717, 1.165) is 30.9 Å². The predicted octanol–water partition coefficient (Wildman–Crippen LogP) is 1.68. The van der Waals surface area contributed by atoms with E-state index in [-0.39, 0.29) is 0 Å². The van der Waals surface area contributed by atoms with Crippen molar-refractivity contribution in [3.8, 4) is 11.3 Å². The Hall–Kier alpha value is -1.69. The number of hydrogen-bond donors (Lipinski definition) is 0. The Bertz CT molecular complexity index is 524. The minimum absolute atomic E-state index is 0.325. The third-order valence-corrected chi connectivity index (χ3v) is 3.22. The maximum Gasteiger partial charge on any atom is 0.116 e. The van der Waals surface area contributed by atoms with Gasteiger partial charge in [-0.3, -0.25) is 4.68 Å². The second kappa shape index (κ2) is 4.53. The van der Waals surface area contributed by atoms with Crippen molar-refractivity contribution >= 4 is 0 Å². The molecule has 6 nitrogen and oxygen atoms in total. The van der Waals surface area contributed by atoms with Crippen LogP contribution >= 0.6 is 0 Å². The fourth-order valence-corrected chi connectivity index (χ4v) is 2.07. The maximum atomic E-state index is 5.36. The van der Waals surface area contributed by atoms with Crippen molar-refractivity contribution in [2.45, 2.75) is 32.4 Å². The normalized spacial score (nSPS) is 19.8. The Kier molecular flexibility index (Phi) is 2.87. The van der Waals surface area contributed by atoms with Gasteiger partial charge in [0.15, 0.2) is 0 Å². The predicted molar refractivity (Wildman–Crippen MR) is 66.1 cm³/mol. The molecule has 0 aliphatic carbocycles. The van der Waals surface area contributed by atoms with Crippen molar-refractivity contribution in [1.29, 1.82) is 0 Å². The Labute approximate surface area is 106 Å². The SMILES string of the molecule is CC(C)n1cc(-c2cn(C3CCOC3)nn2)cn1. The van der Waals surface area contributed by atoms with Gasteiger partial charge in [0.1, 0.15) is 5.69 Å². The van der Waals surface area contributed by atoms with Gasteiger partial charge in [-0.2, -0.15) is 5.10 Å². The van der Waals surface area contributed by atoms with Crippen molar-refractivity contribution in [3.05, 3.63) is 18.6 Å². The third kappa shape index (κ3) is 2.03. The van der Waals surface area contributed by atoms with Crippen LogP contribution in [0, 0.1) is 0 Å². The van der Waals surface area contributed by atoms with E-state index in [1.165, 1.54) is 0 Å². The molecular weight excluding hydrogens is 230 g/mol. The number of hydrogen-bond acceptors (Lipinski definition) is 4. The van der Waals surface area contributed by atoms with Crippen molar-refractivity contribution in [2.75, 3.05) is 13.2 Å². The molecule has 1 aliphatic heterocycles. The molecule has 0 radical (unpaired) electrons. The van der Waals surface area contributed by atoms with Crippen LogP contribution in [-0.2, 0) is 4.74 Å². The Morgan fingerprint density at radius 3 is 2.94 bits per heavy atom. The zero-order valence-corrected chi connectivity index (χ0v) is 10.7. The Balaban J connectivity index is 1.83. The molecule has 1 unspecified atom stereocenters. The lowest BCUT2D eigenvalue weighted by Crippen LogP contribution is -2.08. The highest BCUT2D eigenvalue weighted by molar-refractivity contribution is 5.55. The zero-order chi connectivity index (χ0) is 12.5. The van der Waals surface area contributed by atoms with Gasteiger partial charge < -0.3 is 4.74 Å². The minimum atomic E-state index is 0.325. The molecule has 0 saturated carbocycles. The van der Waals surface area contributed by atoms with Gasteiger partial charge >= 0.3 is 0 Å². The van der Waals surface area contributed by atoms with E-state index in [1.807, 2.05) is 28.0 Å². The lowest BCUT2D eigenvalue weighted by molar-refractivity contribution is 0.184. The maximum absolute atomic E-state index is 5.36. The largest absolute Gasteiger partial charge is 0.379 e. The lowest BCUT2D eigenvalue weighted by atomic mass is 10.2. The molecule has 0 N–H and O–H groups in total. The summed E-state index contributed by atoms with van der Waals surface area (Å²) in [6, 6.07) is 0.684. The van der Waals surface area contributed by atoms with Crippen molar-refractivity contribution in [3.63, 3.8) is 0 Å². The summed E-state index contributed by atoms with van der Waals surface area (Å²) in [5.41, 5.74) is 1.88. The number of nitrogens with zero attached hydrogens (tertiary/aromatic N) is 5. The fraction of sp³-hybridized carbons (Fsp3) is 0.583. The highest BCUT2D eigenvalue weighted by Crippen LogP contribution is 2.21. The minimum Gasteiger partial charge on any atom is -0.379 e. The van der Waals surface area contributed by atoms with Gasteiger partial charge in [-0.1, -0.05) is 5.21 Å². The molecule has 1 fully saturated rings. The van der Waals surface area contributed by atoms with Crippen LogP contribution in [0.25, 0.3) is 11.3 Å². The molecule has 0 aromatic carbocycles. The van der Waals surface area contributed by atoms with E-state index >= 15 is 0 Å². The molecular formula is C12H17N5O. The number of aromatic nitrogens is 5. The first kappa shape index (κ1) is 11.4. The topological polar surface area (TPSA) is 57.8 Å². The van der Waals surface area contributed by atoms with Crippen LogP contribution < -0.4 is 0 Å². The number of rotatable bonds is 3. The Morgan fingerprint density at radius 2 is 2.28 bits per heavy atom. The van der Waals surface area contributed by atoms with Crippen LogP contribution in [0.4, 0.5) is 0 Å². The van der Waals surface area contributed by atoms with Gasteiger partial charge in [-0.15, -0.1) is 5.10 Å². The molecule has 3 rings (SSSR count). The highest BCUT2D eigenvalue weighted by atomic mass is 16.5. The van der Waals surface area contributed by atoms with Crippen molar-refractivity contribution in [2.24, 2.45) is 0 Å². The molecule has 1 saturated heterocycles. The van der Waals surface area contributed by atoms with E-state index in [4.69, 9.17) is 4.74 Å². The van der Waals surface area contributed by atoms with Gasteiger partial charge in [0.2, 0.25) is 0 Å². The Morgan fingerprint density at radius 1 is 1.39 bits per heavy atom. The molecule has 1 atom stereocenters. The van der Waals surface area contributed by atoms with E-state index < -0.39 is 0 Å². The molecule has 6 heteroatoms. The van der Waals surface area contributed by atoms with Crippen LogP contribution in [0.15, 0.2) is 18.6 Å². The molecule has 1 aliphatic rings. The summed E-state index contributed by atoms with van der Waals surface area (Å²) in [7, 11) is 0. The first-order chi connectivity index (χ1) is 8.74.